The molecule has 0 saturated heterocycles. The predicted octanol–water partition coefficient (Wildman–Crippen LogP) is 6.34. The summed E-state index contributed by atoms with van der Waals surface area (Å²) in [6.45, 7) is 6.63. The summed E-state index contributed by atoms with van der Waals surface area (Å²) in [5.74, 6) is -0.668. The van der Waals surface area contributed by atoms with Gasteiger partial charge in [0.25, 0.3) is 0 Å². The first-order valence-corrected chi connectivity index (χ1v) is 11.9. The number of Topliss-reactive ketones (excluding diaryl/α,β-unsaturated/α-hetero) is 1. The molecule has 0 saturated carbocycles. The van der Waals surface area contributed by atoms with Gasteiger partial charge in [-0.25, -0.2) is 9.18 Å². The first kappa shape index (κ1) is 24.3. The molecule has 6 heteroatoms. The van der Waals surface area contributed by atoms with Gasteiger partial charge < -0.3 is 9.30 Å². The number of nitrogens with zero attached hydrogens (tertiary/aromatic N) is 2. The number of aromatic nitrogens is 2. The van der Waals surface area contributed by atoms with Gasteiger partial charge in [0.2, 0.25) is 0 Å². The third-order valence-electron chi connectivity index (χ3n) is 6.02. The number of ketones is 1. The summed E-state index contributed by atoms with van der Waals surface area (Å²) < 4.78 is 20.9. The van der Waals surface area contributed by atoms with Crippen LogP contribution in [0.25, 0.3) is 10.9 Å². The summed E-state index contributed by atoms with van der Waals surface area (Å²) in [7, 11) is 0. The van der Waals surface area contributed by atoms with Gasteiger partial charge in [-0.1, -0.05) is 38.1 Å². The number of aryl methyl sites for hydroxylation is 1. The van der Waals surface area contributed by atoms with Gasteiger partial charge in [0.15, 0.2) is 5.78 Å². The van der Waals surface area contributed by atoms with Crippen molar-refractivity contribution in [3.8, 4) is 0 Å². The minimum atomic E-state index is -0.398. The number of benzene rings is 2. The SMILES string of the molecule is CCOC(=O)c1ccc2c(C(=O)CCc3cccc(F)c3)c(C(C)C)n(Cc3ccccn3)c2c1. The molecule has 0 atom stereocenters. The summed E-state index contributed by atoms with van der Waals surface area (Å²) in [5.41, 5.74) is 4.42. The van der Waals surface area contributed by atoms with Gasteiger partial charge in [0, 0.05) is 29.3 Å². The number of carbonyl (C=O) groups is 2. The molecule has 5 nitrogen and oxygen atoms in total. The Kier molecular flexibility index (Phi) is 7.39. The minimum absolute atomic E-state index is 0.00776. The van der Waals surface area contributed by atoms with Crippen LogP contribution in [0, 0.1) is 5.82 Å². The summed E-state index contributed by atoms with van der Waals surface area (Å²) >= 11 is 0. The fourth-order valence-corrected chi connectivity index (χ4v) is 4.50. The van der Waals surface area contributed by atoms with Crippen molar-refractivity contribution in [1.82, 2.24) is 9.55 Å². The van der Waals surface area contributed by atoms with Crippen LogP contribution in [0.15, 0.2) is 66.9 Å². The molecule has 35 heavy (non-hydrogen) atoms. The van der Waals surface area contributed by atoms with Crippen LogP contribution in [-0.4, -0.2) is 27.9 Å². The lowest BCUT2D eigenvalue weighted by molar-refractivity contribution is 0.0526. The Morgan fingerprint density at radius 3 is 2.57 bits per heavy atom. The van der Waals surface area contributed by atoms with Crippen LogP contribution < -0.4 is 0 Å². The van der Waals surface area contributed by atoms with Gasteiger partial charge in [-0.3, -0.25) is 9.78 Å². The molecule has 4 aromatic rings. The number of ether oxygens (including phenoxy) is 1. The van der Waals surface area contributed by atoms with Gasteiger partial charge in [0.1, 0.15) is 5.82 Å². The largest absolute Gasteiger partial charge is 0.462 e. The zero-order valence-corrected chi connectivity index (χ0v) is 20.3. The van der Waals surface area contributed by atoms with E-state index in [-0.39, 0.29) is 30.5 Å². The Morgan fingerprint density at radius 1 is 1.06 bits per heavy atom. The van der Waals surface area contributed by atoms with E-state index in [1.807, 2.05) is 30.3 Å². The standard InChI is InChI=1S/C29H29FN2O3/c1-4-35-29(34)21-12-13-24-25(17-21)32(18-23-10-5-6-15-31-23)28(19(2)3)27(24)26(33)14-11-20-8-7-9-22(30)16-20/h5-10,12-13,15-17,19H,4,11,14,18H2,1-3H3. The van der Waals surface area contributed by atoms with Crippen molar-refractivity contribution >= 4 is 22.7 Å². The predicted molar refractivity (Wildman–Crippen MR) is 134 cm³/mol. The molecule has 0 N–H and O–H groups in total. The van der Waals surface area contributed by atoms with Crippen LogP contribution in [-0.2, 0) is 17.7 Å². The highest BCUT2D eigenvalue weighted by Crippen LogP contribution is 2.34. The molecule has 2 aromatic carbocycles. The quantitative estimate of drug-likeness (QED) is 0.211. The average molecular weight is 473 g/mol. The number of carbonyl (C=O) groups excluding carboxylic acids is 2. The monoisotopic (exact) mass is 472 g/mol. The lowest BCUT2D eigenvalue weighted by Crippen LogP contribution is -2.11. The Hall–Kier alpha value is -3.80. The van der Waals surface area contributed by atoms with Gasteiger partial charge in [-0.2, -0.15) is 0 Å². The van der Waals surface area contributed by atoms with Crippen LogP contribution in [0.4, 0.5) is 4.39 Å². The van der Waals surface area contributed by atoms with Gasteiger partial charge in [-0.05, 0) is 61.2 Å². The third-order valence-corrected chi connectivity index (χ3v) is 6.02. The summed E-state index contributed by atoms with van der Waals surface area (Å²) in [6, 6.07) is 17.4. The van der Waals surface area contributed by atoms with E-state index in [9.17, 15) is 14.0 Å². The molecule has 0 amide bonds. The molecule has 0 spiro atoms. The lowest BCUT2D eigenvalue weighted by Gasteiger charge is -2.15. The zero-order chi connectivity index (χ0) is 24.9. The number of esters is 1. The van der Waals surface area contributed by atoms with Crippen molar-refractivity contribution in [1.29, 1.82) is 0 Å². The maximum absolute atomic E-state index is 13.6. The Morgan fingerprint density at radius 2 is 1.89 bits per heavy atom. The molecule has 0 aliphatic rings. The number of hydrogen-bond acceptors (Lipinski definition) is 4. The molecule has 2 aromatic heterocycles. The van der Waals surface area contributed by atoms with Crippen molar-refractivity contribution < 1.29 is 18.7 Å². The second kappa shape index (κ2) is 10.6. The van der Waals surface area contributed by atoms with Crippen molar-refractivity contribution in [3.63, 3.8) is 0 Å². The maximum atomic E-state index is 13.6. The molecule has 2 heterocycles. The zero-order valence-electron chi connectivity index (χ0n) is 20.3. The van der Waals surface area contributed by atoms with E-state index in [2.05, 4.69) is 23.4 Å². The summed E-state index contributed by atoms with van der Waals surface area (Å²) in [5, 5.41) is 0.793. The van der Waals surface area contributed by atoms with E-state index < -0.39 is 5.97 Å². The molecule has 0 aliphatic carbocycles. The molecule has 0 unspecified atom stereocenters. The first-order chi connectivity index (χ1) is 16.9. The van der Waals surface area contributed by atoms with Crippen LogP contribution in [0.1, 0.15) is 70.8 Å². The van der Waals surface area contributed by atoms with Crippen LogP contribution in [0.3, 0.4) is 0 Å². The highest BCUT2D eigenvalue weighted by atomic mass is 19.1. The van der Waals surface area contributed by atoms with E-state index in [1.165, 1.54) is 12.1 Å². The fraction of sp³-hybridized carbons (Fsp3) is 0.276. The maximum Gasteiger partial charge on any atom is 0.338 e. The van der Waals surface area contributed by atoms with Gasteiger partial charge in [-0.15, -0.1) is 0 Å². The van der Waals surface area contributed by atoms with Gasteiger partial charge >= 0.3 is 5.97 Å². The van der Waals surface area contributed by atoms with E-state index in [0.29, 0.717) is 24.1 Å². The topological polar surface area (TPSA) is 61.2 Å². The number of fused-ring (bicyclic) bond motifs is 1. The second-order valence-electron chi connectivity index (χ2n) is 8.83. The smallest absolute Gasteiger partial charge is 0.338 e. The second-order valence-corrected chi connectivity index (χ2v) is 8.83. The lowest BCUT2D eigenvalue weighted by atomic mass is 9.96. The number of hydrogen-bond donors (Lipinski definition) is 0. The third kappa shape index (κ3) is 5.32. The van der Waals surface area contributed by atoms with Crippen LogP contribution in [0.5, 0.6) is 0 Å². The molecule has 0 bridgehead atoms. The average Bonchev–Trinajstić information content (AvgIpc) is 3.17. The molecule has 4 rings (SSSR count). The molecule has 180 valence electrons. The summed E-state index contributed by atoms with van der Waals surface area (Å²) in [4.78, 5) is 30.6. The van der Waals surface area contributed by atoms with Gasteiger partial charge in [0.05, 0.1) is 29.9 Å². The van der Waals surface area contributed by atoms with E-state index >= 15 is 0 Å². The highest BCUT2D eigenvalue weighted by Gasteiger charge is 2.25. The summed E-state index contributed by atoms with van der Waals surface area (Å²) in [6.07, 6.45) is 2.44. The first-order valence-electron chi connectivity index (χ1n) is 11.9. The normalized spacial score (nSPS) is 11.2. The Bertz CT molecular complexity index is 1360. The van der Waals surface area contributed by atoms with E-state index in [0.717, 1.165) is 27.9 Å². The van der Waals surface area contributed by atoms with Crippen molar-refractivity contribution in [3.05, 3.63) is 101 Å². The molecule has 0 radical (unpaired) electrons. The molecular formula is C29H29FN2O3. The molecule has 0 fully saturated rings. The minimum Gasteiger partial charge on any atom is -0.462 e. The van der Waals surface area contributed by atoms with Crippen molar-refractivity contribution in [2.75, 3.05) is 6.61 Å². The van der Waals surface area contributed by atoms with Crippen molar-refractivity contribution in [2.24, 2.45) is 0 Å². The van der Waals surface area contributed by atoms with Crippen molar-refractivity contribution in [2.45, 2.75) is 46.1 Å². The number of rotatable bonds is 9. The number of pyridine rings is 1. The van der Waals surface area contributed by atoms with E-state index in [4.69, 9.17) is 4.74 Å². The van der Waals surface area contributed by atoms with Crippen LogP contribution in [0.2, 0.25) is 0 Å². The molecular weight excluding hydrogens is 443 g/mol. The van der Waals surface area contributed by atoms with E-state index in [1.54, 1.807) is 31.3 Å². The fourth-order valence-electron chi connectivity index (χ4n) is 4.50. The molecule has 0 aliphatic heterocycles. The highest BCUT2D eigenvalue weighted by molar-refractivity contribution is 6.11. The van der Waals surface area contributed by atoms with Crippen LogP contribution >= 0.6 is 0 Å². The number of halogens is 1. The Balaban J connectivity index is 1.82. The Labute approximate surface area is 204 Å².